The van der Waals surface area contributed by atoms with Crippen LogP contribution in [0.2, 0.25) is 0 Å². The highest BCUT2D eigenvalue weighted by Gasteiger charge is 2.36. The van der Waals surface area contributed by atoms with Crippen LogP contribution in [-0.2, 0) is 15.1 Å². The smallest absolute Gasteiger partial charge is 0.155 e. The molecule has 3 rings (SSSR count). The highest BCUT2D eigenvalue weighted by atomic mass is 32.2. The molecule has 128 valence electrons. The molecule has 24 heavy (non-hydrogen) atoms. The molecular weight excluding hydrogens is 344 g/mol. The van der Waals surface area contributed by atoms with Crippen LogP contribution in [0.3, 0.4) is 0 Å². The Morgan fingerprint density at radius 1 is 1.33 bits per heavy atom. The van der Waals surface area contributed by atoms with Crippen LogP contribution in [0.4, 0.5) is 0 Å². The number of methoxy groups -OCH3 is 1. The average Bonchev–Trinajstić information content (AvgIpc) is 3.11. The summed E-state index contributed by atoms with van der Waals surface area (Å²) in [6, 6.07) is 7.91. The van der Waals surface area contributed by atoms with Crippen molar-refractivity contribution in [3.8, 4) is 0 Å². The van der Waals surface area contributed by atoms with Gasteiger partial charge in [0.15, 0.2) is 4.34 Å². The molecule has 0 spiro atoms. The van der Waals surface area contributed by atoms with E-state index in [9.17, 15) is 0 Å². The van der Waals surface area contributed by atoms with Gasteiger partial charge in [-0.15, -0.1) is 11.3 Å². The fourth-order valence-corrected chi connectivity index (χ4v) is 4.58. The largest absolute Gasteiger partial charge is 0.411 e. The Morgan fingerprint density at radius 3 is 2.67 bits per heavy atom. The Hall–Kier alpha value is -1.41. The van der Waals surface area contributed by atoms with Crippen LogP contribution in [0.25, 0.3) is 0 Å². The zero-order valence-electron chi connectivity index (χ0n) is 13.7. The highest BCUT2D eigenvalue weighted by Crippen LogP contribution is 2.39. The van der Waals surface area contributed by atoms with Crippen molar-refractivity contribution in [2.45, 2.75) is 34.6 Å². The van der Waals surface area contributed by atoms with Gasteiger partial charge in [0.05, 0.1) is 11.4 Å². The predicted octanol–water partition coefficient (Wildman–Crippen LogP) is 4.14. The van der Waals surface area contributed by atoms with Crippen LogP contribution < -0.4 is 0 Å². The molecule has 2 heterocycles. The van der Waals surface area contributed by atoms with Crippen molar-refractivity contribution >= 4 is 28.8 Å². The summed E-state index contributed by atoms with van der Waals surface area (Å²) in [5.41, 5.74) is 2.19. The van der Waals surface area contributed by atoms with E-state index in [-0.39, 0.29) is 5.60 Å². The molecular formula is C17H20N2O3S2. The lowest BCUT2D eigenvalue weighted by Gasteiger charge is -2.34. The first-order valence-electron chi connectivity index (χ1n) is 7.73. The number of benzene rings is 1. The van der Waals surface area contributed by atoms with Gasteiger partial charge in [0, 0.05) is 43.4 Å². The quantitative estimate of drug-likeness (QED) is 0.491. The molecule has 0 bridgehead atoms. The molecule has 0 unspecified atom stereocenters. The first-order chi connectivity index (χ1) is 11.7. The number of hydrogen-bond donors (Lipinski definition) is 1. The fraction of sp³-hybridized carbons (Fsp3) is 0.412. The van der Waals surface area contributed by atoms with Gasteiger partial charge in [-0.25, -0.2) is 4.98 Å². The van der Waals surface area contributed by atoms with E-state index in [0.717, 1.165) is 33.3 Å². The van der Waals surface area contributed by atoms with Crippen LogP contribution in [0, 0.1) is 0 Å². The molecule has 0 radical (unpaired) electrons. The maximum absolute atomic E-state index is 8.82. The van der Waals surface area contributed by atoms with Gasteiger partial charge < -0.3 is 14.7 Å². The molecule has 0 atom stereocenters. The standard InChI is InChI=1S/C17H20N2O3S2/c1-12(19-20)13-3-5-14(6-4-13)24-16-18-15(11-23-16)17(21-2)7-9-22-10-8-17/h3-6,11,20H,7-10H2,1-2H3/b19-12-. The van der Waals surface area contributed by atoms with Crippen molar-refractivity contribution in [3.63, 3.8) is 0 Å². The van der Waals surface area contributed by atoms with Gasteiger partial charge in [-0.2, -0.15) is 0 Å². The molecule has 5 nitrogen and oxygen atoms in total. The van der Waals surface area contributed by atoms with Gasteiger partial charge in [-0.1, -0.05) is 29.1 Å². The number of nitrogens with zero attached hydrogens (tertiary/aromatic N) is 2. The number of rotatable bonds is 5. The van der Waals surface area contributed by atoms with Crippen LogP contribution in [-0.4, -0.2) is 36.2 Å². The number of thiazole rings is 1. The third kappa shape index (κ3) is 3.64. The summed E-state index contributed by atoms with van der Waals surface area (Å²) in [5.74, 6) is 0. The summed E-state index contributed by atoms with van der Waals surface area (Å²) >= 11 is 3.26. The minimum atomic E-state index is -0.313. The van der Waals surface area contributed by atoms with Gasteiger partial charge in [-0.3, -0.25) is 0 Å². The monoisotopic (exact) mass is 364 g/mol. The minimum absolute atomic E-state index is 0.313. The van der Waals surface area contributed by atoms with Gasteiger partial charge >= 0.3 is 0 Å². The Balaban J connectivity index is 1.74. The maximum atomic E-state index is 8.82. The normalized spacial score (nSPS) is 17.8. The molecule has 7 heteroatoms. The molecule has 0 aliphatic carbocycles. The number of hydrogen-bond acceptors (Lipinski definition) is 7. The van der Waals surface area contributed by atoms with Gasteiger partial charge in [0.2, 0.25) is 0 Å². The molecule has 1 N–H and O–H groups in total. The molecule has 0 amide bonds. The Labute approximate surface area is 149 Å². The Kier molecular flexibility index (Phi) is 5.55. The van der Waals surface area contributed by atoms with E-state index in [1.807, 2.05) is 24.3 Å². The van der Waals surface area contributed by atoms with E-state index in [2.05, 4.69) is 10.5 Å². The molecule has 1 aliphatic rings. The summed E-state index contributed by atoms with van der Waals surface area (Å²) in [7, 11) is 1.75. The first-order valence-corrected chi connectivity index (χ1v) is 9.42. The summed E-state index contributed by atoms with van der Waals surface area (Å²) < 4.78 is 12.2. The van der Waals surface area contributed by atoms with Crippen molar-refractivity contribution in [1.82, 2.24) is 4.98 Å². The SMILES string of the molecule is COC1(c2csc(Sc3ccc(/C(C)=N\O)cc3)n2)CCOCC1. The van der Waals surface area contributed by atoms with Crippen molar-refractivity contribution in [2.75, 3.05) is 20.3 Å². The molecule has 1 aliphatic heterocycles. The summed E-state index contributed by atoms with van der Waals surface area (Å²) in [6.45, 7) is 3.19. The van der Waals surface area contributed by atoms with E-state index in [1.165, 1.54) is 0 Å². The predicted molar refractivity (Wildman–Crippen MR) is 95.4 cm³/mol. The number of oxime groups is 1. The maximum Gasteiger partial charge on any atom is 0.155 e. The van der Waals surface area contributed by atoms with E-state index in [1.54, 1.807) is 37.1 Å². The zero-order chi connectivity index (χ0) is 17.0. The lowest BCUT2D eigenvalue weighted by molar-refractivity contribution is -0.0971. The minimum Gasteiger partial charge on any atom is -0.411 e. The van der Waals surface area contributed by atoms with Crippen LogP contribution in [0.5, 0.6) is 0 Å². The average molecular weight is 364 g/mol. The summed E-state index contributed by atoms with van der Waals surface area (Å²) in [5, 5.41) is 14.1. The lowest BCUT2D eigenvalue weighted by Crippen LogP contribution is -2.35. The van der Waals surface area contributed by atoms with Crippen LogP contribution in [0.15, 0.2) is 44.0 Å². The molecule has 1 fully saturated rings. The number of aromatic nitrogens is 1. The number of ether oxygens (including phenoxy) is 2. The van der Waals surface area contributed by atoms with Crippen LogP contribution >= 0.6 is 23.1 Å². The highest BCUT2D eigenvalue weighted by molar-refractivity contribution is 8.01. The van der Waals surface area contributed by atoms with Crippen molar-refractivity contribution in [2.24, 2.45) is 5.16 Å². The fourth-order valence-electron chi connectivity index (χ4n) is 2.70. The lowest BCUT2D eigenvalue weighted by atomic mass is 9.91. The molecule has 2 aromatic rings. The molecule has 0 saturated carbocycles. The van der Waals surface area contributed by atoms with Crippen LogP contribution in [0.1, 0.15) is 31.0 Å². The molecule has 1 saturated heterocycles. The van der Waals surface area contributed by atoms with E-state index < -0.39 is 0 Å². The van der Waals surface area contributed by atoms with Crippen molar-refractivity contribution < 1.29 is 14.7 Å². The third-order valence-electron chi connectivity index (χ3n) is 4.27. The Bertz CT molecular complexity index is 707. The van der Waals surface area contributed by atoms with E-state index >= 15 is 0 Å². The second-order valence-corrected chi connectivity index (χ2v) is 7.80. The first kappa shape index (κ1) is 17.4. The second kappa shape index (κ2) is 7.65. The zero-order valence-corrected chi connectivity index (χ0v) is 15.3. The Morgan fingerprint density at radius 2 is 2.04 bits per heavy atom. The topological polar surface area (TPSA) is 63.9 Å². The second-order valence-electron chi connectivity index (χ2n) is 5.62. The van der Waals surface area contributed by atoms with Gasteiger partial charge in [-0.05, 0) is 24.6 Å². The van der Waals surface area contributed by atoms with E-state index in [0.29, 0.717) is 18.9 Å². The summed E-state index contributed by atoms with van der Waals surface area (Å²) in [6.07, 6.45) is 1.68. The van der Waals surface area contributed by atoms with Gasteiger partial charge in [0.1, 0.15) is 5.60 Å². The van der Waals surface area contributed by atoms with Crippen molar-refractivity contribution in [1.29, 1.82) is 0 Å². The van der Waals surface area contributed by atoms with E-state index in [4.69, 9.17) is 19.7 Å². The summed E-state index contributed by atoms with van der Waals surface area (Å²) in [4.78, 5) is 5.88. The molecule has 1 aromatic heterocycles. The van der Waals surface area contributed by atoms with Crippen molar-refractivity contribution in [3.05, 3.63) is 40.9 Å². The third-order valence-corrected chi connectivity index (χ3v) is 6.21. The van der Waals surface area contributed by atoms with Gasteiger partial charge in [0.25, 0.3) is 0 Å². The molecule has 1 aromatic carbocycles.